The summed E-state index contributed by atoms with van der Waals surface area (Å²) in [4.78, 5) is 6.80. The van der Waals surface area contributed by atoms with Crippen molar-refractivity contribution in [1.82, 2.24) is 15.0 Å². The number of hydrogen-bond acceptors (Lipinski definition) is 5. The van der Waals surface area contributed by atoms with Crippen LogP contribution in [0.2, 0.25) is 0 Å². The summed E-state index contributed by atoms with van der Waals surface area (Å²) < 4.78 is 5.62. The molecule has 0 unspecified atom stereocenters. The molecule has 0 amide bonds. The normalized spacial score (nSPS) is 17.0. The Morgan fingerprint density at radius 2 is 1.76 bits per heavy atom. The average Bonchev–Trinajstić information content (AvgIpc) is 3.39. The van der Waals surface area contributed by atoms with Crippen molar-refractivity contribution in [2.24, 2.45) is 0 Å². The summed E-state index contributed by atoms with van der Waals surface area (Å²) in [5.41, 5.74) is 3.31. The highest BCUT2D eigenvalue weighted by Gasteiger charge is 2.41. The molecule has 2 aromatic carbocycles. The van der Waals surface area contributed by atoms with E-state index < -0.39 is 6.10 Å². The molecule has 1 aromatic heterocycles. The van der Waals surface area contributed by atoms with Gasteiger partial charge in [0, 0.05) is 6.54 Å². The lowest BCUT2D eigenvalue weighted by Crippen LogP contribution is -2.26. The molecular formula is C24H29N3O2. The van der Waals surface area contributed by atoms with E-state index in [1.54, 1.807) is 0 Å². The average molecular weight is 392 g/mol. The van der Waals surface area contributed by atoms with Gasteiger partial charge in [0.2, 0.25) is 5.89 Å². The molecule has 5 heteroatoms. The van der Waals surface area contributed by atoms with Crippen LogP contribution in [0.4, 0.5) is 0 Å². The van der Waals surface area contributed by atoms with Crippen LogP contribution in [0.25, 0.3) is 0 Å². The molecule has 3 aromatic rings. The first-order valence-electron chi connectivity index (χ1n) is 10.4. The molecule has 1 N–H and O–H groups in total. The van der Waals surface area contributed by atoms with Crippen LogP contribution in [0.1, 0.15) is 60.2 Å². The van der Waals surface area contributed by atoms with Crippen molar-refractivity contribution in [2.75, 3.05) is 13.6 Å². The SMILES string of the molecule is Cc1ccc(C2(c3noc(CN(C)C[C@@H](O)c4ccccc4)n3)CCCC2)cc1. The van der Waals surface area contributed by atoms with Crippen molar-refractivity contribution < 1.29 is 9.63 Å². The van der Waals surface area contributed by atoms with Gasteiger partial charge in [-0.25, -0.2) is 0 Å². The Morgan fingerprint density at radius 3 is 2.45 bits per heavy atom. The van der Waals surface area contributed by atoms with Crippen LogP contribution < -0.4 is 0 Å². The number of nitrogens with zero attached hydrogens (tertiary/aromatic N) is 3. The lowest BCUT2D eigenvalue weighted by molar-refractivity contribution is 0.118. The highest BCUT2D eigenvalue weighted by atomic mass is 16.5. The Kier molecular flexibility index (Phi) is 5.79. The second kappa shape index (κ2) is 8.47. The summed E-state index contributed by atoms with van der Waals surface area (Å²) in [5.74, 6) is 1.40. The minimum Gasteiger partial charge on any atom is -0.387 e. The first-order chi connectivity index (χ1) is 14.1. The molecule has 0 radical (unpaired) electrons. The molecule has 1 atom stereocenters. The van der Waals surface area contributed by atoms with Crippen molar-refractivity contribution in [1.29, 1.82) is 0 Å². The molecule has 0 aliphatic heterocycles. The summed E-state index contributed by atoms with van der Waals surface area (Å²) in [5, 5.41) is 14.8. The summed E-state index contributed by atoms with van der Waals surface area (Å²) >= 11 is 0. The van der Waals surface area contributed by atoms with E-state index in [2.05, 4.69) is 36.3 Å². The minimum absolute atomic E-state index is 0.141. The number of aryl methyl sites for hydroxylation is 1. The van der Waals surface area contributed by atoms with Gasteiger partial charge in [-0.2, -0.15) is 4.98 Å². The molecule has 152 valence electrons. The highest BCUT2D eigenvalue weighted by Crippen LogP contribution is 2.45. The number of rotatable bonds is 7. The molecule has 1 aliphatic carbocycles. The van der Waals surface area contributed by atoms with Gasteiger partial charge < -0.3 is 9.63 Å². The molecule has 0 spiro atoms. The lowest BCUT2D eigenvalue weighted by Gasteiger charge is -2.26. The van der Waals surface area contributed by atoms with E-state index in [1.807, 2.05) is 42.3 Å². The second-order valence-electron chi connectivity index (χ2n) is 8.29. The van der Waals surface area contributed by atoms with E-state index in [0.717, 1.165) is 24.2 Å². The topological polar surface area (TPSA) is 62.4 Å². The molecule has 1 fully saturated rings. The molecule has 1 saturated carbocycles. The van der Waals surface area contributed by atoms with Crippen molar-refractivity contribution >= 4 is 0 Å². The third-order valence-corrected chi connectivity index (χ3v) is 6.03. The van der Waals surface area contributed by atoms with Gasteiger partial charge in [0.25, 0.3) is 0 Å². The molecule has 1 heterocycles. The van der Waals surface area contributed by atoms with E-state index in [-0.39, 0.29) is 5.41 Å². The summed E-state index contributed by atoms with van der Waals surface area (Å²) in [6.45, 7) is 3.13. The van der Waals surface area contributed by atoms with Gasteiger partial charge in [0.05, 0.1) is 18.1 Å². The van der Waals surface area contributed by atoms with Crippen molar-refractivity contribution in [3.63, 3.8) is 0 Å². The third kappa shape index (κ3) is 4.26. The molecule has 4 rings (SSSR count). The molecule has 29 heavy (non-hydrogen) atoms. The summed E-state index contributed by atoms with van der Waals surface area (Å²) in [6.07, 6.45) is 3.93. The smallest absolute Gasteiger partial charge is 0.240 e. The summed E-state index contributed by atoms with van der Waals surface area (Å²) in [6, 6.07) is 18.4. The Balaban J connectivity index is 1.47. The van der Waals surface area contributed by atoms with Crippen LogP contribution in [-0.4, -0.2) is 33.7 Å². The fourth-order valence-corrected chi connectivity index (χ4v) is 4.38. The minimum atomic E-state index is -0.544. The third-order valence-electron chi connectivity index (χ3n) is 6.03. The standard InChI is InChI=1S/C24H29N3O2/c1-18-10-12-20(13-11-18)24(14-6-7-15-24)23-25-22(29-26-23)17-27(2)16-21(28)19-8-4-3-5-9-19/h3-5,8-13,21,28H,6-7,14-17H2,1-2H3/t21-/m1/s1. The molecule has 0 bridgehead atoms. The molecular weight excluding hydrogens is 362 g/mol. The fraction of sp³-hybridized carbons (Fsp3) is 0.417. The molecule has 1 aliphatic rings. The van der Waals surface area contributed by atoms with Crippen molar-refractivity contribution in [3.05, 3.63) is 83.0 Å². The van der Waals surface area contributed by atoms with Crippen molar-refractivity contribution in [2.45, 2.75) is 50.7 Å². The van der Waals surface area contributed by atoms with Crippen LogP contribution >= 0.6 is 0 Å². The van der Waals surface area contributed by atoms with Crippen LogP contribution in [0.15, 0.2) is 59.1 Å². The Morgan fingerprint density at radius 1 is 1.07 bits per heavy atom. The number of benzene rings is 2. The van der Waals surface area contributed by atoms with Gasteiger partial charge in [0.15, 0.2) is 5.82 Å². The van der Waals surface area contributed by atoms with Crippen molar-refractivity contribution in [3.8, 4) is 0 Å². The largest absolute Gasteiger partial charge is 0.387 e. The zero-order chi connectivity index (χ0) is 20.3. The Hall–Kier alpha value is -2.50. The molecule has 5 nitrogen and oxygen atoms in total. The number of hydrogen-bond donors (Lipinski definition) is 1. The van der Waals surface area contributed by atoms with E-state index in [4.69, 9.17) is 9.51 Å². The van der Waals surface area contributed by atoms with E-state index in [0.29, 0.717) is 19.0 Å². The van der Waals surface area contributed by atoms with Gasteiger partial charge in [-0.05, 0) is 37.9 Å². The maximum Gasteiger partial charge on any atom is 0.240 e. The number of likely N-dealkylation sites (N-methyl/N-ethyl adjacent to an activating group) is 1. The maximum atomic E-state index is 10.5. The highest BCUT2D eigenvalue weighted by molar-refractivity contribution is 5.35. The van der Waals surface area contributed by atoms with Crippen LogP contribution in [0, 0.1) is 6.92 Å². The summed E-state index contributed by atoms with van der Waals surface area (Å²) in [7, 11) is 1.96. The predicted molar refractivity (Wildman–Crippen MR) is 112 cm³/mol. The number of aromatic nitrogens is 2. The number of aliphatic hydroxyl groups is 1. The zero-order valence-electron chi connectivity index (χ0n) is 17.2. The van der Waals surface area contributed by atoms with E-state index >= 15 is 0 Å². The first kappa shape index (κ1) is 19.8. The van der Waals surface area contributed by atoms with Crippen LogP contribution in [0.5, 0.6) is 0 Å². The van der Waals surface area contributed by atoms with Gasteiger partial charge in [-0.15, -0.1) is 0 Å². The lowest BCUT2D eigenvalue weighted by atomic mass is 9.78. The second-order valence-corrected chi connectivity index (χ2v) is 8.29. The van der Waals surface area contributed by atoms with Gasteiger partial charge in [-0.1, -0.05) is 78.2 Å². The fourth-order valence-electron chi connectivity index (χ4n) is 4.38. The van der Waals surface area contributed by atoms with Crippen LogP contribution in [0.3, 0.4) is 0 Å². The molecule has 0 saturated heterocycles. The monoisotopic (exact) mass is 391 g/mol. The Labute approximate surface area is 172 Å². The van der Waals surface area contributed by atoms with E-state index in [9.17, 15) is 5.11 Å². The van der Waals surface area contributed by atoms with Gasteiger partial charge >= 0.3 is 0 Å². The number of aliphatic hydroxyl groups excluding tert-OH is 1. The maximum absolute atomic E-state index is 10.5. The zero-order valence-corrected chi connectivity index (χ0v) is 17.2. The first-order valence-corrected chi connectivity index (χ1v) is 10.4. The quantitative estimate of drug-likeness (QED) is 0.647. The van der Waals surface area contributed by atoms with Gasteiger partial charge in [0.1, 0.15) is 0 Å². The van der Waals surface area contributed by atoms with Crippen LogP contribution in [-0.2, 0) is 12.0 Å². The predicted octanol–water partition coefficient (Wildman–Crippen LogP) is 4.40. The Bertz CT molecular complexity index is 915. The van der Waals surface area contributed by atoms with E-state index in [1.165, 1.54) is 24.0 Å². The van der Waals surface area contributed by atoms with Gasteiger partial charge in [-0.3, -0.25) is 4.90 Å².